The van der Waals surface area contributed by atoms with Crippen LogP contribution in [0.5, 0.6) is 5.75 Å². The van der Waals surface area contributed by atoms with Crippen LogP contribution in [0.1, 0.15) is 48.3 Å². The number of likely N-dealkylation sites (tertiary alicyclic amines) is 1. The number of hydrogen-bond donors (Lipinski definition) is 0. The van der Waals surface area contributed by atoms with E-state index in [-0.39, 0.29) is 48.2 Å². The number of amides is 1. The number of nitrogens with zero attached hydrogens (tertiary/aromatic N) is 3. The minimum atomic E-state index is -4.74. The Kier molecular flexibility index (Phi) is 5.46. The average molecular weight is 553 g/mol. The van der Waals surface area contributed by atoms with Gasteiger partial charge in [-0.05, 0) is 50.3 Å². The number of carbonyl (C=O) groups excluding carboxylic acids is 1. The van der Waals surface area contributed by atoms with Gasteiger partial charge < -0.3 is 14.2 Å². The summed E-state index contributed by atoms with van der Waals surface area (Å²) in [6, 6.07) is 2.99. The number of benzene rings is 1. The molecule has 5 rings (SSSR count). The maximum atomic E-state index is 13.4. The van der Waals surface area contributed by atoms with E-state index in [1.165, 1.54) is 4.90 Å². The van der Waals surface area contributed by atoms with Crippen molar-refractivity contribution in [3.8, 4) is 5.75 Å². The topological polar surface area (TPSA) is 103 Å². The van der Waals surface area contributed by atoms with Gasteiger partial charge in [-0.1, -0.05) is 5.16 Å². The Hall–Kier alpha value is -2.84. The Morgan fingerprint density at radius 3 is 2.46 bits per heavy atom. The van der Waals surface area contributed by atoms with Gasteiger partial charge in [-0.15, -0.1) is 0 Å². The molecule has 2 aromatic rings. The number of aromatic nitrogens is 2. The van der Waals surface area contributed by atoms with E-state index in [0.717, 1.165) is 31.4 Å². The summed E-state index contributed by atoms with van der Waals surface area (Å²) >= 11 is 0. The first-order valence-electron chi connectivity index (χ1n) is 11.3. The second kappa shape index (κ2) is 7.84. The second-order valence-electron chi connectivity index (χ2n) is 9.98. The van der Waals surface area contributed by atoms with Crippen LogP contribution >= 0.6 is 0 Å². The van der Waals surface area contributed by atoms with E-state index in [0.29, 0.717) is 6.42 Å². The van der Waals surface area contributed by atoms with Crippen LogP contribution in [0.4, 0.5) is 26.3 Å². The van der Waals surface area contributed by atoms with Crippen molar-refractivity contribution < 1.29 is 48.8 Å². The summed E-state index contributed by atoms with van der Waals surface area (Å²) in [5, 5.41) is 3.57. The van der Waals surface area contributed by atoms with E-state index in [9.17, 15) is 39.6 Å². The van der Waals surface area contributed by atoms with Gasteiger partial charge in [-0.25, -0.2) is 8.42 Å². The summed E-state index contributed by atoms with van der Waals surface area (Å²) in [4.78, 5) is 18.4. The van der Waals surface area contributed by atoms with Crippen LogP contribution in [0.3, 0.4) is 0 Å². The van der Waals surface area contributed by atoms with Crippen LogP contribution in [0.2, 0.25) is 0 Å². The zero-order valence-corrected chi connectivity index (χ0v) is 20.3. The van der Waals surface area contributed by atoms with Crippen molar-refractivity contribution >= 4 is 15.7 Å². The van der Waals surface area contributed by atoms with E-state index >= 15 is 0 Å². The highest BCUT2D eigenvalue weighted by Gasteiger charge is 2.69. The van der Waals surface area contributed by atoms with Gasteiger partial charge >= 0.3 is 12.4 Å². The number of carbonyl (C=O) groups is 1. The van der Waals surface area contributed by atoms with Gasteiger partial charge in [0.05, 0.1) is 15.9 Å². The van der Waals surface area contributed by atoms with Crippen LogP contribution in [-0.4, -0.2) is 67.2 Å². The fraction of sp³-hybridized carbons (Fsp3) is 0.591. The molecule has 2 unspecified atom stereocenters. The lowest BCUT2D eigenvalue weighted by Gasteiger charge is -2.24. The summed E-state index contributed by atoms with van der Waals surface area (Å²) in [6.07, 6.45) is -10.5. The number of alkyl halides is 6. The molecule has 2 saturated carbocycles. The first-order chi connectivity index (χ1) is 17.0. The molecule has 1 amide bonds. The fourth-order valence-electron chi connectivity index (χ4n) is 4.79. The van der Waals surface area contributed by atoms with Crippen molar-refractivity contribution in [3.63, 3.8) is 0 Å². The standard InChI is InChI=1S/C22H21F6N3O5S/c1-11(21(23,24)25)35-15-4-3-13(37(2,33)34)7-14(15)16(32)31-9-12-8-19(12,10-31)18-29-17(30-36-18)20(5-6-20)22(26,27)28/h3-4,7,11-12H,5-6,8-10H2,1-2H3/t11-,12?,19?/m1/s1. The monoisotopic (exact) mass is 553 g/mol. The van der Waals surface area contributed by atoms with E-state index in [1.54, 1.807) is 0 Å². The van der Waals surface area contributed by atoms with Gasteiger partial charge in [-0.2, -0.15) is 31.3 Å². The fourth-order valence-corrected chi connectivity index (χ4v) is 5.43. The second-order valence-corrected chi connectivity index (χ2v) is 12.0. The highest BCUT2D eigenvalue weighted by molar-refractivity contribution is 7.90. The van der Waals surface area contributed by atoms with Crippen molar-refractivity contribution in [3.05, 3.63) is 35.5 Å². The zero-order valence-electron chi connectivity index (χ0n) is 19.5. The lowest BCUT2D eigenvalue weighted by molar-refractivity contribution is -0.189. The number of piperidine rings is 1. The number of ether oxygens (including phenoxy) is 1. The number of sulfone groups is 1. The Morgan fingerprint density at radius 1 is 1.22 bits per heavy atom. The summed E-state index contributed by atoms with van der Waals surface area (Å²) in [6.45, 7) is 0.840. The molecule has 0 radical (unpaired) electrons. The lowest BCUT2D eigenvalue weighted by atomic mass is 10.0. The normalized spacial score (nSPS) is 25.5. The van der Waals surface area contributed by atoms with E-state index in [2.05, 4.69) is 10.1 Å². The number of fused-ring (bicyclic) bond motifs is 1. The summed E-state index contributed by atoms with van der Waals surface area (Å²) < 4.78 is 114. The molecule has 0 N–H and O–H groups in total. The summed E-state index contributed by atoms with van der Waals surface area (Å²) in [5.74, 6) is -1.90. The third kappa shape index (κ3) is 4.24. The van der Waals surface area contributed by atoms with Crippen LogP contribution in [0.25, 0.3) is 0 Å². The summed E-state index contributed by atoms with van der Waals surface area (Å²) in [7, 11) is -3.80. The molecule has 3 atom stereocenters. The molecule has 2 aliphatic carbocycles. The molecular weight excluding hydrogens is 532 g/mol. The summed E-state index contributed by atoms with van der Waals surface area (Å²) in [5.41, 5.74) is -3.37. The lowest BCUT2D eigenvalue weighted by Crippen LogP contribution is -2.35. The minimum absolute atomic E-state index is 0.0228. The molecule has 37 heavy (non-hydrogen) atoms. The largest absolute Gasteiger partial charge is 0.480 e. The molecule has 1 aromatic carbocycles. The Labute approximate surface area is 206 Å². The molecule has 15 heteroatoms. The van der Waals surface area contributed by atoms with Crippen molar-refractivity contribution in [1.82, 2.24) is 15.0 Å². The van der Waals surface area contributed by atoms with Gasteiger partial charge in [0.15, 0.2) is 21.8 Å². The van der Waals surface area contributed by atoms with Gasteiger partial charge in [0.1, 0.15) is 11.2 Å². The van der Waals surface area contributed by atoms with Crippen LogP contribution in [-0.2, 0) is 20.7 Å². The SMILES string of the molecule is C[C@@H](Oc1ccc(S(C)(=O)=O)cc1C(=O)N1CC2CC2(c2nc(C3(C(F)(F)F)CC3)no2)C1)C(F)(F)F. The Bertz CT molecular complexity index is 1370. The molecule has 0 spiro atoms. The molecule has 202 valence electrons. The smallest absolute Gasteiger partial charge is 0.425 e. The van der Waals surface area contributed by atoms with Crippen molar-refractivity contribution in [2.45, 2.75) is 60.4 Å². The van der Waals surface area contributed by atoms with Gasteiger partial charge in [0.25, 0.3) is 5.91 Å². The van der Waals surface area contributed by atoms with Crippen molar-refractivity contribution in [2.75, 3.05) is 19.3 Å². The highest BCUT2D eigenvalue weighted by Crippen LogP contribution is 2.61. The first kappa shape index (κ1) is 25.8. The number of halogens is 6. The van der Waals surface area contributed by atoms with Crippen LogP contribution < -0.4 is 4.74 Å². The molecule has 3 fully saturated rings. The molecule has 8 nitrogen and oxygen atoms in total. The maximum Gasteiger partial charge on any atom is 0.425 e. The number of hydrogen-bond acceptors (Lipinski definition) is 7. The Morgan fingerprint density at radius 2 is 1.89 bits per heavy atom. The Balaban J connectivity index is 1.41. The third-order valence-electron chi connectivity index (χ3n) is 7.38. The highest BCUT2D eigenvalue weighted by atomic mass is 32.2. The minimum Gasteiger partial charge on any atom is -0.480 e. The molecule has 0 bridgehead atoms. The van der Waals surface area contributed by atoms with Crippen molar-refractivity contribution in [2.24, 2.45) is 5.92 Å². The van der Waals surface area contributed by atoms with Gasteiger partial charge in [-0.3, -0.25) is 4.79 Å². The molecule has 1 aliphatic heterocycles. The van der Waals surface area contributed by atoms with Gasteiger partial charge in [0.2, 0.25) is 5.89 Å². The molecular formula is C22H21F6N3O5S. The third-order valence-corrected chi connectivity index (χ3v) is 8.49. The average Bonchev–Trinajstić information content (AvgIpc) is 3.63. The van der Waals surface area contributed by atoms with Crippen LogP contribution in [0.15, 0.2) is 27.6 Å². The maximum absolute atomic E-state index is 13.4. The van der Waals surface area contributed by atoms with E-state index in [4.69, 9.17) is 9.26 Å². The number of rotatable bonds is 6. The van der Waals surface area contributed by atoms with E-state index in [1.807, 2.05) is 0 Å². The van der Waals surface area contributed by atoms with Crippen molar-refractivity contribution in [1.29, 1.82) is 0 Å². The predicted molar refractivity (Wildman–Crippen MR) is 113 cm³/mol. The molecule has 1 aromatic heterocycles. The molecule has 1 saturated heterocycles. The molecule has 2 heterocycles. The van der Waals surface area contributed by atoms with Gasteiger partial charge in [0, 0.05) is 19.3 Å². The molecule has 3 aliphatic rings. The van der Waals surface area contributed by atoms with Crippen LogP contribution in [0, 0.1) is 5.92 Å². The predicted octanol–water partition coefficient (Wildman–Crippen LogP) is 3.81. The first-order valence-corrected chi connectivity index (χ1v) is 13.2. The van der Waals surface area contributed by atoms with E-state index < -0.39 is 56.6 Å². The quantitative estimate of drug-likeness (QED) is 0.502. The zero-order chi connectivity index (χ0) is 27.2.